The highest BCUT2D eigenvalue weighted by molar-refractivity contribution is 5.92. The molecule has 0 aromatic carbocycles. The number of rotatable bonds is 6. The van der Waals surface area contributed by atoms with E-state index in [-0.39, 0.29) is 18.6 Å². The molecule has 1 fully saturated rings. The Morgan fingerprint density at radius 1 is 1.35 bits per heavy atom. The summed E-state index contributed by atoms with van der Waals surface area (Å²) in [5.74, 6) is -0.790. The van der Waals surface area contributed by atoms with Gasteiger partial charge in [-0.25, -0.2) is 4.79 Å². The van der Waals surface area contributed by atoms with Gasteiger partial charge in [0.05, 0.1) is 12.7 Å². The molecule has 0 saturated heterocycles. The molecule has 0 aromatic heterocycles. The van der Waals surface area contributed by atoms with Crippen molar-refractivity contribution < 1.29 is 19.1 Å². The standard InChI is InChI=1S/C14H26N2O4/c1-6-19-10-8-14(15,13(10,4)5)12(18)16-9(3)11(17)20-7-2/h9-10H,6-8,15H2,1-5H3,(H,16,18). The van der Waals surface area contributed by atoms with Crippen LogP contribution >= 0.6 is 0 Å². The molecule has 1 aliphatic carbocycles. The van der Waals surface area contributed by atoms with Crippen LogP contribution in [0.15, 0.2) is 0 Å². The largest absolute Gasteiger partial charge is 0.464 e. The Kier molecular flexibility index (Phi) is 5.15. The van der Waals surface area contributed by atoms with Gasteiger partial charge in [-0.15, -0.1) is 0 Å². The topological polar surface area (TPSA) is 90.7 Å². The quantitative estimate of drug-likeness (QED) is 0.697. The minimum Gasteiger partial charge on any atom is -0.464 e. The number of amides is 1. The molecule has 0 bridgehead atoms. The lowest BCUT2D eigenvalue weighted by atomic mass is 9.54. The Bertz CT molecular complexity index is 383. The maximum atomic E-state index is 12.3. The first-order valence-electron chi connectivity index (χ1n) is 7.08. The van der Waals surface area contributed by atoms with E-state index in [0.717, 1.165) is 0 Å². The fourth-order valence-corrected chi connectivity index (χ4v) is 2.47. The highest BCUT2D eigenvalue weighted by Crippen LogP contribution is 2.49. The van der Waals surface area contributed by atoms with Gasteiger partial charge >= 0.3 is 5.97 Å². The minimum absolute atomic E-state index is 0.0406. The van der Waals surface area contributed by atoms with Crippen LogP contribution < -0.4 is 11.1 Å². The van der Waals surface area contributed by atoms with E-state index in [0.29, 0.717) is 13.0 Å². The van der Waals surface area contributed by atoms with Crippen molar-refractivity contribution in [3.63, 3.8) is 0 Å². The molecule has 0 spiro atoms. The Morgan fingerprint density at radius 3 is 2.40 bits per heavy atom. The van der Waals surface area contributed by atoms with Gasteiger partial charge < -0.3 is 20.5 Å². The molecule has 6 heteroatoms. The molecule has 0 aromatic rings. The van der Waals surface area contributed by atoms with Crippen molar-refractivity contribution >= 4 is 11.9 Å². The third-order valence-corrected chi connectivity index (χ3v) is 4.22. The molecule has 1 rings (SSSR count). The molecular formula is C14H26N2O4. The summed E-state index contributed by atoms with van der Waals surface area (Å²) in [7, 11) is 0. The number of carbonyl (C=O) groups is 2. The zero-order valence-corrected chi connectivity index (χ0v) is 13.0. The Morgan fingerprint density at radius 2 is 1.95 bits per heavy atom. The Labute approximate surface area is 120 Å². The summed E-state index contributed by atoms with van der Waals surface area (Å²) in [5, 5.41) is 2.63. The first-order valence-corrected chi connectivity index (χ1v) is 7.08. The molecule has 1 saturated carbocycles. The Balaban J connectivity index is 2.66. The van der Waals surface area contributed by atoms with Crippen molar-refractivity contribution in [1.82, 2.24) is 5.32 Å². The van der Waals surface area contributed by atoms with Gasteiger partial charge in [0.25, 0.3) is 0 Å². The van der Waals surface area contributed by atoms with E-state index in [1.54, 1.807) is 13.8 Å². The van der Waals surface area contributed by atoms with Gasteiger partial charge in [0.2, 0.25) is 5.91 Å². The molecule has 0 heterocycles. The first-order chi connectivity index (χ1) is 9.20. The minimum atomic E-state index is -1.02. The molecule has 1 aliphatic rings. The third-order valence-electron chi connectivity index (χ3n) is 4.22. The lowest BCUT2D eigenvalue weighted by Gasteiger charge is -2.57. The van der Waals surface area contributed by atoms with Crippen molar-refractivity contribution in [2.45, 2.75) is 58.7 Å². The van der Waals surface area contributed by atoms with Crippen molar-refractivity contribution in [2.75, 3.05) is 13.2 Å². The zero-order valence-electron chi connectivity index (χ0n) is 13.0. The second-order valence-corrected chi connectivity index (χ2v) is 5.79. The molecule has 0 aliphatic heterocycles. The molecule has 6 nitrogen and oxygen atoms in total. The monoisotopic (exact) mass is 286 g/mol. The van der Waals surface area contributed by atoms with Crippen LogP contribution in [0, 0.1) is 5.41 Å². The van der Waals surface area contributed by atoms with Crippen molar-refractivity contribution in [3.05, 3.63) is 0 Å². The van der Waals surface area contributed by atoms with E-state index in [1.165, 1.54) is 0 Å². The number of carbonyl (C=O) groups excluding carboxylic acids is 2. The maximum absolute atomic E-state index is 12.3. The van der Waals surface area contributed by atoms with Gasteiger partial charge in [-0.3, -0.25) is 4.79 Å². The number of ether oxygens (including phenoxy) is 2. The predicted octanol–water partition coefficient (Wildman–Crippen LogP) is 0.587. The second-order valence-electron chi connectivity index (χ2n) is 5.79. The third kappa shape index (κ3) is 2.81. The second kappa shape index (κ2) is 6.10. The smallest absolute Gasteiger partial charge is 0.328 e. The van der Waals surface area contributed by atoms with Crippen LogP contribution in [0.4, 0.5) is 0 Å². The van der Waals surface area contributed by atoms with Crippen LogP contribution in [0.3, 0.4) is 0 Å². The first kappa shape index (κ1) is 16.9. The average Bonchev–Trinajstić information content (AvgIpc) is 2.38. The van der Waals surface area contributed by atoms with Gasteiger partial charge in [0, 0.05) is 18.4 Å². The van der Waals surface area contributed by atoms with Crippen LogP contribution in [-0.4, -0.2) is 42.8 Å². The summed E-state index contributed by atoms with van der Waals surface area (Å²) in [4.78, 5) is 23.9. The highest BCUT2D eigenvalue weighted by Gasteiger charge is 2.63. The van der Waals surface area contributed by atoms with E-state index < -0.39 is 23.0 Å². The summed E-state index contributed by atoms with van der Waals surface area (Å²) in [5.41, 5.74) is 4.73. The molecule has 20 heavy (non-hydrogen) atoms. The highest BCUT2D eigenvalue weighted by atomic mass is 16.5. The fourth-order valence-electron chi connectivity index (χ4n) is 2.47. The molecule has 116 valence electrons. The van der Waals surface area contributed by atoms with Gasteiger partial charge in [-0.2, -0.15) is 0 Å². The molecule has 3 unspecified atom stereocenters. The van der Waals surface area contributed by atoms with Crippen LogP contribution in [-0.2, 0) is 19.1 Å². The SMILES string of the molecule is CCOC(=O)C(C)NC(=O)C1(N)CC(OCC)C1(C)C. The Hall–Kier alpha value is -1.14. The molecule has 1 amide bonds. The van der Waals surface area contributed by atoms with E-state index in [2.05, 4.69) is 5.32 Å². The van der Waals surface area contributed by atoms with Gasteiger partial charge in [-0.1, -0.05) is 13.8 Å². The van der Waals surface area contributed by atoms with Crippen LogP contribution in [0.5, 0.6) is 0 Å². The molecule has 3 atom stereocenters. The molecule has 3 N–H and O–H groups in total. The maximum Gasteiger partial charge on any atom is 0.328 e. The van der Waals surface area contributed by atoms with Crippen molar-refractivity contribution in [1.29, 1.82) is 0 Å². The lowest BCUT2D eigenvalue weighted by Crippen LogP contribution is -2.76. The van der Waals surface area contributed by atoms with Crippen LogP contribution in [0.2, 0.25) is 0 Å². The molecule has 0 radical (unpaired) electrons. The molecular weight excluding hydrogens is 260 g/mol. The zero-order chi connectivity index (χ0) is 15.6. The van der Waals surface area contributed by atoms with Crippen molar-refractivity contribution in [2.24, 2.45) is 11.1 Å². The summed E-state index contributed by atoms with van der Waals surface area (Å²) in [6.45, 7) is 9.91. The van der Waals surface area contributed by atoms with Gasteiger partial charge in [0.15, 0.2) is 0 Å². The van der Waals surface area contributed by atoms with E-state index in [1.807, 2.05) is 20.8 Å². The van der Waals surface area contributed by atoms with Gasteiger partial charge in [0.1, 0.15) is 11.6 Å². The van der Waals surface area contributed by atoms with Crippen molar-refractivity contribution in [3.8, 4) is 0 Å². The normalized spacial score (nSPS) is 29.2. The number of nitrogens with two attached hydrogens (primary N) is 1. The summed E-state index contributed by atoms with van der Waals surface area (Å²) < 4.78 is 10.4. The average molecular weight is 286 g/mol. The number of esters is 1. The van der Waals surface area contributed by atoms with E-state index >= 15 is 0 Å². The van der Waals surface area contributed by atoms with E-state index in [4.69, 9.17) is 15.2 Å². The number of nitrogens with one attached hydrogen (secondary N) is 1. The van der Waals surface area contributed by atoms with Crippen LogP contribution in [0.1, 0.15) is 41.0 Å². The fraction of sp³-hybridized carbons (Fsp3) is 0.857. The van der Waals surface area contributed by atoms with E-state index in [9.17, 15) is 9.59 Å². The van der Waals surface area contributed by atoms with Gasteiger partial charge in [-0.05, 0) is 20.8 Å². The number of hydrogen-bond acceptors (Lipinski definition) is 5. The summed E-state index contributed by atoms with van der Waals surface area (Å²) in [6, 6.07) is -0.704. The van der Waals surface area contributed by atoms with Crippen LogP contribution in [0.25, 0.3) is 0 Å². The summed E-state index contributed by atoms with van der Waals surface area (Å²) in [6.07, 6.45) is 0.413. The lowest BCUT2D eigenvalue weighted by molar-refractivity contribution is -0.172. The summed E-state index contributed by atoms with van der Waals surface area (Å²) >= 11 is 0. The predicted molar refractivity (Wildman–Crippen MR) is 75.0 cm³/mol. The number of hydrogen-bond donors (Lipinski definition) is 2.